The molecule has 0 aliphatic carbocycles. The van der Waals surface area contributed by atoms with Gasteiger partial charge in [-0.15, -0.1) is 0 Å². The van der Waals surface area contributed by atoms with Crippen LogP contribution in [0.4, 0.5) is 0 Å². The Hall–Kier alpha value is -6.91. The Balaban J connectivity index is 1.17. The minimum atomic E-state index is -0.658. The molecular weight excluding hydrogens is 623 g/mol. The molecule has 10 aromatic rings. The fourth-order valence-corrected chi connectivity index (χ4v) is 6.43. The van der Waals surface area contributed by atoms with Gasteiger partial charge >= 0.3 is 0 Å². The van der Waals surface area contributed by atoms with Gasteiger partial charge in [0.15, 0.2) is 17.5 Å². The van der Waals surface area contributed by atoms with Crippen molar-refractivity contribution in [3.05, 3.63) is 176 Å². The average Bonchev–Trinajstić information content (AvgIpc) is 3.68. The van der Waals surface area contributed by atoms with Gasteiger partial charge in [-0.05, 0) is 68.0 Å². The van der Waals surface area contributed by atoms with E-state index in [-0.39, 0.29) is 22.2 Å². The van der Waals surface area contributed by atoms with E-state index in [2.05, 4.69) is 0 Å². The zero-order valence-corrected chi connectivity index (χ0v) is 26.6. The summed E-state index contributed by atoms with van der Waals surface area (Å²) >= 11 is 0. The van der Waals surface area contributed by atoms with E-state index in [0.717, 1.165) is 27.1 Å². The number of hydrogen-bond donors (Lipinski definition) is 0. The smallest absolute Gasteiger partial charge is 0.164 e. The molecule has 0 saturated heterocycles. The second-order valence-corrected chi connectivity index (χ2v) is 11.9. The van der Waals surface area contributed by atoms with Gasteiger partial charge in [0.2, 0.25) is 0 Å². The molecule has 0 atom stereocenters. The second-order valence-electron chi connectivity index (χ2n) is 11.9. The maximum atomic E-state index is 9.20. The van der Waals surface area contributed by atoms with Crippen molar-refractivity contribution in [3.8, 4) is 56.4 Å². The van der Waals surface area contributed by atoms with Gasteiger partial charge in [-0.1, -0.05) is 151 Å². The third kappa shape index (κ3) is 5.13. The van der Waals surface area contributed by atoms with Crippen molar-refractivity contribution < 1.29 is 19.5 Å². The van der Waals surface area contributed by atoms with E-state index in [9.17, 15) is 2.74 Å². The molecule has 8 aromatic carbocycles. The first-order chi connectivity index (χ1) is 29.8. The third-order valence-electron chi connectivity index (χ3n) is 8.84. The highest BCUT2D eigenvalue weighted by Crippen LogP contribution is 2.37. The Morgan fingerprint density at radius 3 is 1.90 bits per heavy atom. The summed E-state index contributed by atoms with van der Waals surface area (Å²) in [7, 11) is 0. The van der Waals surface area contributed by atoms with Crippen LogP contribution in [0.3, 0.4) is 0 Å². The summed E-state index contributed by atoms with van der Waals surface area (Å²) in [6, 6.07) is 27.5. The van der Waals surface area contributed by atoms with Crippen LogP contribution < -0.4 is 0 Å². The van der Waals surface area contributed by atoms with Crippen LogP contribution in [0.15, 0.2) is 180 Å². The summed E-state index contributed by atoms with van der Waals surface area (Å²) in [5.41, 5.74) is 2.70. The van der Waals surface area contributed by atoms with E-state index in [1.807, 2.05) is 84.9 Å². The van der Waals surface area contributed by atoms with Gasteiger partial charge in [-0.2, -0.15) is 0 Å². The first kappa shape index (κ1) is 19.9. The number of para-hydroxylation sites is 1. The molecule has 10 rings (SSSR count). The van der Waals surface area contributed by atoms with Crippen molar-refractivity contribution in [2.24, 2.45) is 0 Å². The number of fused-ring (bicyclic) bond motifs is 5. The maximum Gasteiger partial charge on any atom is 0.164 e. The lowest BCUT2D eigenvalue weighted by Crippen LogP contribution is -2.01. The van der Waals surface area contributed by atoms with Crippen LogP contribution in [0.5, 0.6) is 0 Å². The second kappa shape index (κ2) is 11.9. The first-order valence-corrected chi connectivity index (χ1v) is 16.2. The van der Waals surface area contributed by atoms with Gasteiger partial charge in [-0.25, -0.2) is 15.0 Å². The molecule has 0 bridgehead atoms. The van der Waals surface area contributed by atoms with Crippen LogP contribution in [0.2, 0.25) is 0 Å². The highest BCUT2D eigenvalue weighted by atomic mass is 16.3. The normalized spacial score (nSPS) is 14.5. The molecule has 0 aliphatic heterocycles. The SMILES string of the molecule is [2H]c1c([2H])c(-c2c([2H])c([2H])c3c([2H])c([2H])c([2H])c([2H])c3c2[2H])c([2H])c([2H])c1-c1cccc(-c2nc(-c3cccc4ccccc34)nc(-c3cccc4oc5ccccc5c34)n2)c1. The number of benzene rings is 8. The van der Waals surface area contributed by atoms with Crippen LogP contribution in [-0.4, -0.2) is 15.0 Å². The fourth-order valence-electron chi connectivity index (χ4n) is 6.43. The number of aromatic nitrogens is 3. The van der Waals surface area contributed by atoms with Crippen molar-refractivity contribution in [2.45, 2.75) is 0 Å². The van der Waals surface area contributed by atoms with Crippen molar-refractivity contribution in [2.75, 3.05) is 0 Å². The molecule has 238 valence electrons. The van der Waals surface area contributed by atoms with Crippen molar-refractivity contribution in [3.63, 3.8) is 0 Å². The van der Waals surface area contributed by atoms with Crippen molar-refractivity contribution >= 4 is 43.5 Å². The van der Waals surface area contributed by atoms with Crippen LogP contribution in [0.25, 0.3) is 99.9 Å². The molecule has 0 saturated carbocycles. The lowest BCUT2D eigenvalue weighted by Gasteiger charge is -2.12. The van der Waals surface area contributed by atoms with Gasteiger partial charge in [-0.3, -0.25) is 0 Å². The Labute approximate surface area is 309 Å². The molecule has 0 aliphatic rings. The quantitative estimate of drug-likeness (QED) is 0.184. The van der Waals surface area contributed by atoms with E-state index in [1.54, 1.807) is 24.3 Å². The highest BCUT2D eigenvalue weighted by Gasteiger charge is 2.19. The summed E-state index contributed by atoms with van der Waals surface area (Å²) in [6.45, 7) is 0. The number of furan rings is 1. The Kier molecular flexibility index (Phi) is 4.65. The molecule has 0 amide bonds. The number of nitrogens with zero attached hydrogens (tertiary/aromatic N) is 3. The first-order valence-electron chi connectivity index (χ1n) is 21.7. The molecule has 4 nitrogen and oxygen atoms in total. The van der Waals surface area contributed by atoms with Gasteiger partial charge in [0, 0.05) is 27.5 Å². The zero-order valence-electron chi connectivity index (χ0n) is 37.6. The standard InChI is InChI=1S/C47H29N3O/c1-2-12-34-28-36(27-26-30(34)10-1)32-24-22-31(23-25-32)35-14-7-15-37(29-35)45-48-46(39-18-8-13-33-11-3-4-16-38(33)39)50-47(49-45)41-19-9-21-43-44(41)40-17-5-6-20-42(40)51-43/h1-29H/i1D,2D,10D,12D,22D,23D,24D,25D,26D,27D,28D. The summed E-state index contributed by atoms with van der Waals surface area (Å²) in [5, 5.41) is 2.96. The van der Waals surface area contributed by atoms with Gasteiger partial charge < -0.3 is 4.42 Å². The molecule has 2 heterocycles. The number of rotatable bonds is 5. The monoisotopic (exact) mass is 662 g/mol. The van der Waals surface area contributed by atoms with Crippen LogP contribution in [-0.2, 0) is 0 Å². The topological polar surface area (TPSA) is 51.8 Å². The molecule has 0 unspecified atom stereocenters. The van der Waals surface area contributed by atoms with Gasteiger partial charge in [0.25, 0.3) is 0 Å². The van der Waals surface area contributed by atoms with Crippen molar-refractivity contribution in [1.82, 2.24) is 15.0 Å². The predicted molar refractivity (Wildman–Crippen MR) is 209 cm³/mol. The third-order valence-corrected chi connectivity index (χ3v) is 8.84. The molecule has 4 heteroatoms. The maximum absolute atomic E-state index is 9.20. The average molecular weight is 663 g/mol. The van der Waals surface area contributed by atoms with Gasteiger partial charge in [0.05, 0.1) is 15.1 Å². The summed E-state index contributed by atoms with van der Waals surface area (Å²) in [4.78, 5) is 15.1. The zero-order chi connectivity index (χ0) is 43.3. The molecule has 2 aromatic heterocycles. The number of hydrogen-bond acceptors (Lipinski definition) is 4. The van der Waals surface area contributed by atoms with E-state index in [4.69, 9.17) is 31.7 Å². The molecule has 0 fully saturated rings. The van der Waals surface area contributed by atoms with E-state index in [0.29, 0.717) is 39.5 Å². The molecule has 51 heavy (non-hydrogen) atoms. The minimum Gasteiger partial charge on any atom is -0.456 e. The Morgan fingerprint density at radius 2 is 1.02 bits per heavy atom. The highest BCUT2D eigenvalue weighted by molar-refractivity contribution is 6.11. The molecule has 0 N–H and O–H groups in total. The fraction of sp³-hybridized carbons (Fsp3) is 0. The Bertz CT molecular complexity index is 3540. The van der Waals surface area contributed by atoms with E-state index in [1.165, 1.54) is 0 Å². The Morgan fingerprint density at radius 1 is 0.412 bits per heavy atom. The van der Waals surface area contributed by atoms with Crippen LogP contribution >= 0.6 is 0 Å². The summed E-state index contributed by atoms with van der Waals surface area (Å²) in [6.07, 6.45) is 0. The molecule has 0 spiro atoms. The van der Waals surface area contributed by atoms with Crippen LogP contribution in [0.1, 0.15) is 15.1 Å². The van der Waals surface area contributed by atoms with E-state index >= 15 is 0 Å². The largest absolute Gasteiger partial charge is 0.456 e. The predicted octanol–water partition coefficient (Wildman–Crippen LogP) is 12.4. The lowest BCUT2D eigenvalue weighted by atomic mass is 9.97. The van der Waals surface area contributed by atoms with Crippen molar-refractivity contribution in [1.29, 1.82) is 0 Å². The summed E-state index contributed by atoms with van der Waals surface area (Å²) in [5.74, 6) is 1.05. The molecular formula is C47H29N3O. The minimum absolute atomic E-state index is 0.0735. The molecule has 0 radical (unpaired) electrons. The van der Waals surface area contributed by atoms with Crippen LogP contribution in [0, 0.1) is 0 Å². The lowest BCUT2D eigenvalue weighted by molar-refractivity contribution is 0.669. The van der Waals surface area contributed by atoms with Gasteiger partial charge in [0.1, 0.15) is 11.2 Å². The van der Waals surface area contributed by atoms with E-state index < -0.39 is 77.6 Å². The summed E-state index contributed by atoms with van der Waals surface area (Å²) < 4.78 is 103.